The molecule has 134 valence electrons. The number of rotatable bonds is 5. The first-order valence-corrected chi connectivity index (χ1v) is 8.85. The van der Waals surface area contributed by atoms with E-state index in [2.05, 4.69) is 26.7 Å². The topological polar surface area (TPSA) is 62.2 Å². The van der Waals surface area contributed by atoms with E-state index >= 15 is 0 Å². The van der Waals surface area contributed by atoms with E-state index in [0.717, 1.165) is 43.3 Å². The number of aryl methyl sites for hydroxylation is 1. The molecule has 1 amide bonds. The van der Waals surface area contributed by atoms with Crippen molar-refractivity contribution in [2.75, 3.05) is 25.5 Å². The predicted octanol–water partition coefficient (Wildman–Crippen LogP) is 2.27. The SMILES string of the molecule is CNC(=O)C1(Nc2ccnn2C)CCN(Cc2cccc(Cl)c2)CC1. The lowest BCUT2D eigenvalue weighted by molar-refractivity contribution is -0.126. The van der Waals surface area contributed by atoms with Gasteiger partial charge in [0.1, 0.15) is 11.4 Å². The van der Waals surface area contributed by atoms with Crippen LogP contribution in [0.15, 0.2) is 36.5 Å². The van der Waals surface area contributed by atoms with Crippen molar-refractivity contribution in [3.63, 3.8) is 0 Å². The minimum atomic E-state index is -0.604. The van der Waals surface area contributed by atoms with Crippen molar-refractivity contribution < 1.29 is 4.79 Å². The number of likely N-dealkylation sites (tertiary alicyclic amines) is 1. The van der Waals surface area contributed by atoms with Gasteiger partial charge in [0.15, 0.2) is 0 Å². The highest BCUT2D eigenvalue weighted by molar-refractivity contribution is 6.30. The predicted molar refractivity (Wildman–Crippen MR) is 99.6 cm³/mol. The molecule has 1 fully saturated rings. The third-order valence-corrected chi connectivity index (χ3v) is 5.09. The summed E-state index contributed by atoms with van der Waals surface area (Å²) in [4.78, 5) is 15.0. The fourth-order valence-corrected chi connectivity index (χ4v) is 3.59. The number of aromatic nitrogens is 2. The van der Waals surface area contributed by atoms with Gasteiger partial charge in [-0.3, -0.25) is 14.4 Å². The molecular formula is C18H24ClN5O. The van der Waals surface area contributed by atoms with Gasteiger partial charge in [0.25, 0.3) is 0 Å². The van der Waals surface area contributed by atoms with E-state index in [-0.39, 0.29) is 5.91 Å². The molecule has 3 rings (SSSR count). The van der Waals surface area contributed by atoms with Crippen molar-refractivity contribution in [2.45, 2.75) is 24.9 Å². The summed E-state index contributed by atoms with van der Waals surface area (Å²) in [6.45, 7) is 2.52. The molecule has 0 atom stereocenters. The summed E-state index contributed by atoms with van der Waals surface area (Å²) >= 11 is 6.07. The molecule has 0 saturated carbocycles. The molecule has 0 bridgehead atoms. The summed E-state index contributed by atoms with van der Waals surface area (Å²) in [5.41, 5.74) is 0.590. The molecule has 0 aliphatic carbocycles. The van der Waals surface area contributed by atoms with Crippen molar-refractivity contribution in [1.29, 1.82) is 0 Å². The Bertz CT molecular complexity index is 737. The van der Waals surface area contributed by atoms with Crippen LogP contribution in [0.4, 0.5) is 5.82 Å². The number of amides is 1. The molecule has 0 radical (unpaired) electrons. The number of hydrogen-bond donors (Lipinski definition) is 2. The van der Waals surface area contributed by atoms with Crippen LogP contribution in [0.1, 0.15) is 18.4 Å². The molecule has 0 unspecified atom stereocenters. The maximum absolute atomic E-state index is 12.6. The zero-order valence-corrected chi connectivity index (χ0v) is 15.4. The summed E-state index contributed by atoms with van der Waals surface area (Å²) in [5, 5.41) is 11.2. The molecule has 0 spiro atoms. The highest BCUT2D eigenvalue weighted by Gasteiger charge is 2.41. The third-order valence-electron chi connectivity index (χ3n) is 4.85. The highest BCUT2D eigenvalue weighted by atomic mass is 35.5. The maximum Gasteiger partial charge on any atom is 0.245 e. The fourth-order valence-electron chi connectivity index (χ4n) is 3.38. The number of carbonyl (C=O) groups is 1. The zero-order valence-electron chi connectivity index (χ0n) is 14.6. The number of anilines is 1. The van der Waals surface area contributed by atoms with Gasteiger partial charge in [-0.2, -0.15) is 5.10 Å². The lowest BCUT2D eigenvalue weighted by Gasteiger charge is -2.41. The van der Waals surface area contributed by atoms with Gasteiger partial charge in [0.2, 0.25) is 5.91 Å². The average Bonchev–Trinajstić information content (AvgIpc) is 3.01. The Balaban J connectivity index is 1.69. The molecule has 25 heavy (non-hydrogen) atoms. The monoisotopic (exact) mass is 361 g/mol. The minimum absolute atomic E-state index is 0.0242. The van der Waals surface area contributed by atoms with Crippen LogP contribution >= 0.6 is 11.6 Å². The number of halogens is 1. The Morgan fingerprint density at radius 2 is 2.08 bits per heavy atom. The van der Waals surface area contributed by atoms with Crippen molar-refractivity contribution in [3.05, 3.63) is 47.1 Å². The van der Waals surface area contributed by atoms with E-state index in [0.29, 0.717) is 0 Å². The van der Waals surface area contributed by atoms with Crippen molar-refractivity contribution in [3.8, 4) is 0 Å². The van der Waals surface area contributed by atoms with Gasteiger partial charge < -0.3 is 10.6 Å². The number of likely N-dealkylation sites (N-methyl/N-ethyl adjacent to an activating group) is 1. The first-order valence-electron chi connectivity index (χ1n) is 8.47. The van der Waals surface area contributed by atoms with E-state index in [1.54, 1.807) is 17.9 Å². The zero-order chi connectivity index (χ0) is 17.9. The van der Waals surface area contributed by atoms with Gasteiger partial charge in [0, 0.05) is 44.8 Å². The lowest BCUT2D eigenvalue weighted by Crippen LogP contribution is -2.57. The molecule has 1 aromatic heterocycles. The molecule has 1 aliphatic heterocycles. The van der Waals surface area contributed by atoms with Gasteiger partial charge >= 0.3 is 0 Å². The summed E-state index contributed by atoms with van der Waals surface area (Å²) < 4.78 is 1.75. The van der Waals surface area contributed by atoms with Crippen LogP contribution in [-0.2, 0) is 18.4 Å². The number of piperidine rings is 1. The second-order valence-corrected chi connectivity index (χ2v) is 6.97. The van der Waals surface area contributed by atoms with E-state index in [1.807, 2.05) is 31.3 Å². The molecule has 6 nitrogen and oxygen atoms in total. The van der Waals surface area contributed by atoms with Crippen LogP contribution in [0.5, 0.6) is 0 Å². The van der Waals surface area contributed by atoms with Gasteiger partial charge in [-0.05, 0) is 30.5 Å². The lowest BCUT2D eigenvalue weighted by atomic mass is 9.86. The quantitative estimate of drug-likeness (QED) is 0.857. The summed E-state index contributed by atoms with van der Waals surface area (Å²) in [5.74, 6) is 0.878. The standard InChI is InChI=1S/C18H24ClN5O/c1-20-17(25)18(22-16-6-9-21-23(16)2)7-10-24(11-8-18)13-14-4-3-5-15(19)12-14/h3-6,9,12,22H,7-8,10-11,13H2,1-2H3,(H,20,25). The number of nitrogens with one attached hydrogen (secondary N) is 2. The second kappa shape index (κ2) is 7.45. The third kappa shape index (κ3) is 3.96. The van der Waals surface area contributed by atoms with Gasteiger partial charge in [0.05, 0.1) is 6.20 Å². The van der Waals surface area contributed by atoms with Crippen LogP contribution in [0.25, 0.3) is 0 Å². The average molecular weight is 362 g/mol. The smallest absolute Gasteiger partial charge is 0.245 e. The first kappa shape index (κ1) is 17.8. The Morgan fingerprint density at radius 1 is 1.32 bits per heavy atom. The van der Waals surface area contributed by atoms with Crippen molar-refractivity contribution in [2.24, 2.45) is 7.05 Å². The first-order chi connectivity index (χ1) is 12.0. The summed E-state index contributed by atoms with van der Waals surface area (Å²) in [7, 11) is 3.56. The molecular weight excluding hydrogens is 338 g/mol. The molecule has 1 aromatic carbocycles. The fraction of sp³-hybridized carbons (Fsp3) is 0.444. The van der Waals surface area contributed by atoms with Crippen LogP contribution < -0.4 is 10.6 Å². The summed E-state index contributed by atoms with van der Waals surface area (Å²) in [6, 6.07) is 9.83. The molecule has 2 heterocycles. The van der Waals surface area contributed by atoms with Crippen molar-refractivity contribution in [1.82, 2.24) is 20.0 Å². The Morgan fingerprint density at radius 3 is 2.68 bits per heavy atom. The number of benzene rings is 1. The van der Waals surface area contributed by atoms with E-state index in [4.69, 9.17) is 11.6 Å². The molecule has 2 N–H and O–H groups in total. The van der Waals surface area contributed by atoms with Gasteiger partial charge in [-0.1, -0.05) is 23.7 Å². The molecule has 7 heteroatoms. The number of hydrogen-bond acceptors (Lipinski definition) is 4. The molecule has 2 aromatic rings. The van der Waals surface area contributed by atoms with Crippen LogP contribution in [0, 0.1) is 0 Å². The molecule has 1 saturated heterocycles. The van der Waals surface area contributed by atoms with E-state index in [9.17, 15) is 4.79 Å². The van der Waals surface area contributed by atoms with E-state index in [1.165, 1.54) is 5.56 Å². The highest BCUT2D eigenvalue weighted by Crippen LogP contribution is 2.28. The van der Waals surface area contributed by atoms with Crippen LogP contribution in [0.3, 0.4) is 0 Å². The van der Waals surface area contributed by atoms with Gasteiger partial charge in [-0.15, -0.1) is 0 Å². The number of carbonyl (C=O) groups excluding carboxylic acids is 1. The van der Waals surface area contributed by atoms with Gasteiger partial charge in [-0.25, -0.2) is 0 Å². The van der Waals surface area contributed by atoms with Crippen molar-refractivity contribution >= 4 is 23.3 Å². The minimum Gasteiger partial charge on any atom is -0.357 e. The van der Waals surface area contributed by atoms with Crippen LogP contribution in [0.2, 0.25) is 5.02 Å². The molecule has 1 aliphatic rings. The van der Waals surface area contributed by atoms with E-state index < -0.39 is 5.54 Å². The van der Waals surface area contributed by atoms with Crippen LogP contribution in [-0.4, -0.2) is 46.3 Å². The Hall–Kier alpha value is -2.05. The Labute approximate surface area is 153 Å². The Kier molecular flexibility index (Phi) is 5.30. The largest absolute Gasteiger partial charge is 0.357 e. The normalized spacial score (nSPS) is 17.2. The summed E-state index contributed by atoms with van der Waals surface area (Å²) in [6.07, 6.45) is 3.20. The maximum atomic E-state index is 12.6. The second-order valence-electron chi connectivity index (χ2n) is 6.53. The number of nitrogens with zero attached hydrogens (tertiary/aromatic N) is 3.